The van der Waals surface area contributed by atoms with Crippen LogP contribution < -0.4 is 5.11 Å². The molecule has 0 bridgehead atoms. The van der Waals surface area contributed by atoms with Gasteiger partial charge >= 0.3 is 5.97 Å². The smallest absolute Gasteiger partial charge is 0.359 e. The van der Waals surface area contributed by atoms with E-state index in [0.29, 0.717) is 4.48 Å². The number of hydrogen-bond acceptors (Lipinski definition) is 3. The molecule has 0 spiro atoms. The summed E-state index contributed by atoms with van der Waals surface area (Å²) in [5, 5.41) is 18.3. The molecule has 0 fully saturated rings. The lowest BCUT2D eigenvalue weighted by molar-refractivity contribution is -0.862. The first-order chi connectivity index (χ1) is 7.72. The molecule has 1 aromatic carbocycles. The van der Waals surface area contributed by atoms with E-state index in [1.807, 2.05) is 21.1 Å². The number of carboxylic acid groups (broad SMARTS) is 2. The molecule has 0 heterocycles. The number of hydrogen-bond donors (Lipinski definition) is 1. The standard InChI is InChI=1S/C7H6O2.C5H11NO2/c8-7(9)6-4-2-1-3-5-6;1-6(2,3)4-5(7)8/h1-5H,(H,8,9);4H2,1-3H3. The number of rotatable bonds is 3. The molecule has 0 saturated carbocycles. The number of carbonyl (C=O) groups excluding carboxylic acids is 1. The van der Waals surface area contributed by atoms with E-state index in [0.717, 1.165) is 0 Å². The average molecular weight is 239 g/mol. The maximum Gasteiger partial charge on any atom is 0.359 e. The third-order valence-corrected chi connectivity index (χ3v) is 1.62. The van der Waals surface area contributed by atoms with Gasteiger partial charge < -0.3 is 19.5 Å². The first-order valence-electron chi connectivity index (χ1n) is 5.01. The van der Waals surface area contributed by atoms with Gasteiger partial charge in [-0.1, -0.05) is 30.3 Å². The van der Waals surface area contributed by atoms with Crippen LogP contribution in [-0.2, 0) is 4.79 Å². The van der Waals surface area contributed by atoms with Gasteiger partial charge in [-0.25, -0.2) is 4.79 Å². The lowest BCUT2D eigenvalue weighted by Crippen LogP contribution is -2.39. The summed E-state index contributed by atoms with van der Waals surface area (Å²) in [6, 6.07) is 8.06. The van der Waals surface area contributed by atoms with Crippen LogP contribution in [0.5, 0.6) is 0 Å². The summed E-state index contributed by atoms with van der Waals surface area (Å²) >= 11 is 0. The van der Waals surface area contributed by atoms with Crippen LogP contribution in [0.2, 0.25) is 0 Å². The molecule has 94 valence electrons. The highest BCUT2D eigenvalue weighted by molar-refractivity contribution is 5.85. The lowest BCUT2D eigenvalue weighted by atomic mass is 10.2. The molecule has 5 nitrogen and oxygen atoms in total. The van der Waals surface area contributed by atoms with Gasteiger partial charge in [0.1, 0.15) is 0 Å². The Kier molecular flexibility index (Phi) is 5.91. The zero-order valence-corrected chi connectivity index (χ0v) is 10.2. The molecule has 0 aliphatic rings. The van der Waals surface area contributed by atoms with Gasteiger partial charge in [-0.05, 0) is 5.56 Å². The number of aromatic carboxylic acids is 1. The second-order valence-corrected chi connectivity index (χ2v) is 4.50. The minimum absolute atomic E-state index is 0.181. The van der Waals surface area contributed by atoms with Crippen LogP contribution in [0.4, 0.5) is 0 Å². The highest BCUT2D eigenvalue weighted by Crippen LogP contribution is 1.94. The number of nitrogens with zero attached hydrogens (tertiary/aromatic N) is 1. The molecule has 0 radical (unpaired) electrons. The lowest BCUT2D eigenvalue weighted by Gasteiger charge is -2.20. The fourth-order valence-corrected chi connectivity index (χ4v) is 0.980. The zero-order valence-electron chi connectivity index (χ0n) is 10.2. The van der Waals surface area contributed by atoms with E-state index in [-0.39, 0.29) is 12.1 Å². The van der Waals surface area contributed by atoms with E-state index in [4.69, 9.17) is 5.11 Å². The molecule has 0 aromatic heterocycles. The van der Waals surface area contributed by atoms with Crippen LogP contribution in [0.1, 0.15) is 10.4 Å². The van der Waals surface area contributed by atoms with Crippen molar-refractivity contribution in [2.45, 2.75) is 0 Å². The van der Waals surface area contributed by atoms with Gasteiger partial charge in [0, 0.05) is 0 Å². The molecule has 0 atom stereocenters. The van der Waals surface area contributed by atoms with Gasteiger partial charge in [0.05, 0.1) is 27.1 Å². The monoisotopic (exact) mass is 239 g/mol. The predicted molar refractivity (Wildman–Crippen MR) is 61.3 cm³/mol. The van der Waals surface area contributed by atoms with Crippen molar-refractivity contribution in [2.75, 3.05) is 27.7 Å². The Labute approximate surface area is 101 Å². The summed E-state index contributed by atoms with van der Waals surface area (Å²) in [6.45, 7) is 0.181. The Morgan fingerprint density at radius 2 is 1.65 bits per heavy atom. The number of carboxylic acids is 2. The van der Waals surface area contributed by atoms with Crippen LogP contribution in [0.25, 0.3) is 0 Å². The summed E-state index contributed by atoms with van der Waals surface area (Å²) in [5.74, 6) is -1.88. The van der Waals surface area contributed by atoms with Crippen molar-refractivity contribution in [2.24, 2.45) is 0 Å². The second-order valence-electron chi connectivity index (χ2n) is 4.50. The van der Waals surface area contributed by atoms with Gasteiger partial charge in [-0.2, -0.15) is 0 Å². The molecule has 17 heavy (non-hydrogen) atoms. The van der Waals surface area contributed by atoms with Gasteiger partial charge in [-0.3, -0.25) is 0 Å². The first kappa shape index (κ1) is 15.1. The molecular weight excluding hydrogens is 222 g/mol. The van der Waals surface area contributed by atoms with Crippen molar-refractivity contribution in [3.05, 3.63) is 35.9 Å². The van der Waals surface area contributed by atoms with E-state index in [1.54, 1.807) is 18.2 Å². The maximum atomic E-state index is 10.1. The van der Waals surface area contributed by atoms with Gasteiger partial charge in [0.15, 0.2) is 6.54 Å². The van der Waals surface area contributed by atoms with Crippen molar-refractivity contribution in [3.8, 4) is 0 Å². The number of carbonyl (C=O) groups is 2. The summed E-state index contributed by atoms with van der Waals surface area (Å²) in [7, 11) is 5.52. The highest BCUT2D eigenvalue weighted by Gasteiger charge is 2.11. The average Bonchev–Trinajstić information content (AvgIpc) is 2.16. The summed E-state index contributed by atoms with van der Waals surface area (Å²) < 4.78 is 0.481. The SMILES string of the molecule is C[N+](C)(C)CC(=O)O.O=C([O-])c1ccccc1. The molecule has 1 rings (SSSR count). The van der Waals surface area contributed by atoms with Gasteiger partial charge in [-0.15, -0.1) is 0 Å². The van der Waals surface area contributed by atoms with Gasteiger partial charge in [0.2, 0.25) is 0 Å². The van der Waals surface area contributed by atoms with E-state index in [9.17, 15) is 14.7 Å². The fraction of sp³-hybridized carbons (Fsp3) is 0.333. The third-order valence-electron chi connectivity index (χ3n) is 1.62. The van der Waals surface area contributed by atoms with Crippen LogP contribution in [0.3, 0.4) is 0 Å². The van der Waals surface area contributed by atoms with E-state index in [2.05, 4.69) is 0 Å². The second kappa shape index (κ2) is 6.65. The molecule has 1 aromatic rings. The largest absolute Gasteiger partial charge is 0.545 e. The quantitative estimate of drug-likeness (QED) is 0.743. The Morgan fingerprint density at radius 1 is 1.18 bits per heavy atom. The Morgan fingerprint density at radius 3 is 1.82 bits per heavy atom. The van der Waals surface area contributed by atoms with Crippen LogP contribution in [-0.4, -0.2) is 49.2 Å². The number of benzene rings is 1. The van der Waals surface area contributed by atoms with E-state index in [1.165, 1.54) is 12.1 Å². The van der Waals surface area contributed by atoms with Crippen molar-refractivity contribution in [3.63, 3.8) is 0 Å². The Balaban J connectivity index is 0.000000304. The minimum atomic E-state index is -1.13. The molecule has 0 unspecified atom stereocenters. The molecule has 1 N–H and O–H groups in total. The van der Waals surface area contributed by atoms with Crippen molar-refractivity contribution >= 4 is 11.9 Å². The Hall–Kier alpha value is -1.88. The maximum absolute atomic E-state index is 10.1. The summed E-state index contributed by atoms with van der Waals surface area (Å²) in [5.41, 5.74) is 0.220. The normalized spacial score (nSPS) is 10.1. The van der Waals surface area contributed by atoms with Crippen molar-refractivity contribution in [1.82, 2.24) is 0 Å². The molecule has 0 amide bonds. The highest BCUT2D eigenvalue weighted by atomic mass is 16.4. The summed E-state index contributed by atoms with van der Waals surface area (Å²) in [6.07, 6.45) is 0. The van der Waals surface area contributed by atoms with Gasteiger partial charge in [0.25, 0.3) is 0 Å². The van der Waals surface area contributed by atoms with E-state index < -0.39 is 11.9 Å². The van der Waals surface area contributed by atoms with Crippen molar-refractivity contribution in [1.29, 1.82) is 0 Å². The van der Waals surface area contributed by atoms with Crippen molar-refractivity contribution < 1.29 is 24.3 Å². The molecular formula is C12H17NO4. The van der Waals surface area contributed by atoms with Crippen LogP contribution in [0.15, 0.2) is 30.3 Å². The number of quaternary nitrogens is 1. The topological polar surface area (TPSA) is 77.4 Å². The first-order valence-corrected chi connectivity index (χ1v) is 5.01. The predicted octanol–water partition coefficient (Wildman–Crippen LogP) is -0.173. The Bertz CT molecular complexity index is 368. The fourth-order valence-electron chi connectivity index (χ4n) is 0.980. The molecule has 0 aliphatic heterocycles. The number of likely N-dealkylation sites (N-methyl/N-ethyl adjacent to an activating group) is 1. The molecule has 0 aliphatic carbocycles. The summed E-state index contributed by atoms with van der Waals surface area (Å²) in [4.78, 5) is 20.1. The third kappa shape index (κ3) is 9.07. The van der Waals surface area contributed by atoms with Crippen LogP contribution in [0, 0.1) is 0 Å². The van der Waals surface area contributed by atoms with Crippen LogP contribution >= 0.6 is 0 Å². The number of aliphatic carboxylic acids is 1. The zero-order chi connectivity index (χ0) is 13.5. The van der Waals surface area contributed by atoms with E-state index >= 15 is 0 Å². The molecule has 5 heteroatoms. The molecule has 0 saturated heterocycles. The minimum Gasteiger partial charge on any atom is -0.545 e.